The molecular weight excluding hydrogens is 423 g/mol. The van der Waals surface area contributed by atoms with Crippen LogP contribution in [0.1, 0.15) is 21.6 Å². The van der Waals surface area contributed by atoms with Crippen molar-refractivity contribution in [3.8, 4) is 5.69 Å². The maximum atomic E-state index is 13.3. The first-order chi connectivity index (χ1) is 13.8. The van der Waals surface area contributed by atoms with E-state index in [4.69, 9.17) is 11.6 Å². The van der Waals surface area contributed by atoms with Gasteiger partial charge in [0.2, 0.25) is 0 Å². The lowest BCUT2D eigenvalue weighted by Crippen LogP contribution is -2.17. The van der Waals surface area contributed by atoms with Crippen LogP contribution in [0.3, 0.4) is 0 Å². The predicted molar refractivity (Wildman–Crippen MR) is 105 cm³/mol. The Bertz CT molecular complexity index is 1180. The fourth-order valence-corrected chi connectivity index (χ4v) is 4.47. The molecule has 3 aromatic rings. The van der Waals surface area contributed by atoms with Crippen LogP contribution < -0.4 is 5.32 Å². The number of hydrogen-bond donors (Lipinski definition) is 1. The molecule has 1 amide bonds. The maximum Gasteiger partial charge on any atom is 0.270 e. The van der Waals surface area contributed by atoms with Gasteiger partial charge in [-0.1, -0.05) is 11.6 Å². The maximum absolute atomic E-state index is 13.3. The summed E-state index contributed by atoms with van der Waals surface area (Å²) in [5.74, 6) is -0.394. The second-order valence-corrected chi connectivity index (χ2v) is 8.13. The van der Waals surface area contributed by atoms with E-state index in [-0.39, 0.29) is 33.6 Å². The summed E-state index contributed by atoms with van der Waals surface area (Å²) in [4.78, 5) is 23.2. The Morgan fingerprint density at radius 2 is 1.97 bits per heavy atom. The van der Waals surface area contributed by atoms with Crippen molar-refractivity contribution in [2.75, 3.05) is 5.32 Å². The Kier molecular flexibility index (Phi) is 4.89. The van der Waals surface area contributed by atoms with Crippen LogP contribution in [0.4, 0.5) is 15.9 Å². The van der Waals surface area contributed by atoms with Gasteiger partial charge in [-0.2, -0.15) is 5.10 Å². The number of nitrogens with one attached hydrogen (secondary N) is 1. The molecule has 29 heavy (non-hydrogen) atoms. The number of aromatic nitrogens is 2. The zero-order chi connectivity index (χ0) is 20.7. The summed E-state index contributed by atoms with van der Waals surface area (Å²) < 4.78 is 26.6. The Hall–Kier alpha value is -3.11. The molecule has 2 heterocycles. The van der Waals surface area contributed by atoms with Crippen molar-refractivity contribution in [2.24, 2.45) is 0 Å². The van der Waals surface area contributed by atoms with Crippen molar-refractivity contribution in [2.45, 2.75) is 11.5 Å². The topological polar surface area (TPSA) is 107 Å². The normalized spacial score (nSPS) is 15.2. The van der Waals surface area contributed by atoms with Crippen LogP contribution in [0.5, 0.6) is 0 Å². The van der Waals surface area contributed by atoms with Crippen molar-refractivity contribution in [1.29, 1.82) is 0 Å². The van der Waals surface area contributed by atoms with Gasteiger partial charge in [-0.25, -0.2) is 9.07 Å². The number of benzene rings is 2. The van der Waals surface area contributed by atoms with E-state index < -0.39 is 27.4 Å². The van der Waals surface area contributed by atoms with Crippen LogP contribution in [-0.2, 0) is 22.3 Å². The van der Waals surface area contributed by atoms with Gasteiger partial charge in [0.25, 0.3) is 11.6 Å². The van der Waals surface area contributed by atoms with Gasteiger partial charge in [0.1, 0.15) is 11.6 Å². The number of carbonyl (C=O) groups is 1. The Labute approximate surface area is 170 Å². The minimum atomic E-state index is -1.14. The number of nitro benzene ring substituents is 1. The van der Waals surface area contributed by atoms with Crippen LogP contribution in [0, 0.1) is 15.9 Å². The van der Waals surface area contributed by atoms with Gasteiger partial charge in [0.05, 0.1) is 38.4 Å². The number of anilines is 1. The second-order valence-electron chi connectivity index (χ2n) is 6.27. The number of halogens is 2. The molecule has 11 heteroatoms. The van der Waals surface area contributed by atoms with Gasteiger partial charge >= 0.3 is 0 Å². The van der Waals surface area contributed by atoms with Crippen LogP contribution >= 0.6 is 11.6 Å². The standard InChI is InChI=1S/C18H12ClFN4O4S/c19-15-6-5-12(24(26)27)7-13(15)18(25)21-17-14-8-29(28)9-16(14)22-23(17)11-3-1-10(20)2-4-11/h1-7H,8-9H2,(H,21,25). The number of nitro groups is 1. The molecule has 4 rings (SSSR count). The minimum Gasteiger partial charge on any atom is -0.306 e. The zero-order valence-corrected chi connectivity index (χ0v) is 16.2. The Morgan fingerprint density at radius 1 is 1.24 bits per heavy atom. The molecule has 2 aromatic carbocycles. The smallest absolute Gasteiger partial charge is 0.270 e. The van der Waals surface area contributed by atoms with Crippen LogP contribution in [0.15, 0.2) is 42.5 Å². The second kappa shape index (κ2) is 7.37. The number of nitrogens with zero attached hydrogens (tertiary/aromatic N) is 3. The summed E-state index contributed by atoms with van der Waals surface area (Å²) in [6, 6.07) is 9.03. The monoisotopic (exact) mass is 434 g/mol. The minimum absolute atomic E-state index is 0.0427. The van der Waals surface area contributed by atoms with E-state index in [0.717, 1.165) is 6.07 Å². The molecule has 1 aromatic heterocycles. The number of carbonyl (C=O) groups excluding carboxylic acids is 1. The van der Waals surface area contributed by atoms with E-state index in [0.29, 0.717) is 16.9 Å². The number of hydrogen-bond acceptors (Lipinski definition) is 5. The van der Waals surface area contributed by atoms with E-state index >= 15 is 0 Å². The number of amides is 1. The van der Waals surface area contributed by atoms with Crippen molar-refractivity contribution in [3.05, 3.63) is 80.2 Å². The lowest BCUT2D eigenvalue weighted by molar-refractivity contribution is -0.384. The average Bonchev–Trinajstić information content (AvgIpc) is 3.19. The zero-order valence-electron chi connectivity index (χ0n) is 14.6. The third kappa shape index (κ3) is 3.64. The summed E-state index contributed by atoms with van der Waals surface area (Å²) >= 11 is 6.05. The molecule has 0 saturated heterocycles. The Morgan fingerprint density at radius 3 is 2.66 bits per heavy atom. The lowest BCUT2D eigenvalue weighted by atomic mass is 10.2. The van der Waals surface area contributed by atoms with Crippen molar-refractivity contribution < 1.29 is 18.3 Å². The summed E-state index contributed by atoms with van der Waals surface area (Å²) in [7, 11) is -1.14. The van der Waals surface area contributed by atoms with Crippen molar-refractivity contribution in [3.63, 3.8) is 0 Å². The van der Waals surface area contributed by atoms with Gasteiger partial charge in [-0.15, -0.1) is 0 Å². The molecule has 1 aliphatic rings. The molecule has 1 unspecified atom stereocenters. The van der Waals surface area contributed by atoms with E-state index in [1.807, 2.05) is 0 Å². The molecule has 1 atom stereocenters. The molecule has 1 N–H and O–H groups in total. The highest BCUT2D eigenvalue weighted by Crippen LogP contribution is 2.32. The summed E-state index contributed by atoms with van der Waals surface area (Å²) in [5, 5.41) is 18.1. The van der Waals surface area contributed by atoms with Gasteiger partial charge in [0.15, 0.2) is 0 Å². The van der Waals surface area contributed by atoms with Crippen LogP contribution in [0.25, 0.3) is 5.69 Å². The molecule has 0 spiro atoms. The Balaban J connectivity index is 1.76. The summed E-state index contributed by atoms with van der Waals surface area (Å²) in [6.07, 6.45) is 0. The predicted octanol–water partition coefficient (Wildman–Crippen LogP) is 3.59. The first-order valence-corrected chi connectivity index (χ1v) is 10.2. The molecule has 0 bridgehead atoms. The fourth-order valence-electron chi connectivity index (χ4n) is 3.00. The highest BCUT2D eigenvalue weighted by Gasteiger charge is 2.29. The quantitative estimate of drug-likeness (QED) is 0.498. The molecule has 148 valence electrons. The summed E-state index contributed by atoms with van der Waals surface area (Å²) in [5.41, 5.74) is 1.29. The van der Waals surface area contributed by atoms with E-state index in [1.165, 1.54) is 41.1 Å². The first kappa shape index (κ1) is 19.2. The van der Waals surface area contributed by atoms with E-state index in [2.05, 4.69) is 10.4 Å². The number of fused-ring (bicyclic) bond motifs is 1. The highest BCUT2D eigenvalue weighted by atomic mass is 35.5. The first-order valence-electron chi connectivity index (χ1n) is 8.30. The molecule has 1 aliphatic heterocycles. The number of rotatable bonds is 4. The molecule has 0 fully saturated rings. The largest absolute Gasteiger partial charge is 0.306 e. The third-order valence-corrected chi connectivity index (χ3v) is 5.91. The third-order valence-electron chi connectivity index (χ3n) is 4.38. The molecule has 0 saturated carbocycles. The van der Waals surface area contributed by atoms with Gasteiger partial charge in [0, 0.05) is 28.5 Å². The molecule has 0 aliphatic carbocycles. The van der Waals surface area contributed by atoms with Gasteiger partial charge < -0.3 is 5.32 Å². The lowest BCUT2D eigenvalue weighted by Gasteiger charge is -2.12. The molecule has 0 radical (unpaired) electrons. The SMILES string of the molecule is O=C(Nc1c2c(nn1-c1ccc(F)cc1)CS(=O)C2)c1cc([N+](=O)[O-])ccc1Cl. The van der Waals surface area contributed by atoms with Gasteiger partial charge in [-0.3, -0.25) is 19.1 Å². The van der Waals surface area contributed by atoms with Crippen LogP contribution in [0.2, 0.25) is 5.02 Å². The van der Waals surface area contributed by atoms with Gasteiger partial charge in [-0.05, 0) is 30.3 Å². The van der Waals surface area contributed by atoms with E-state index in [1.54, 1.807) is 0 Å². The highest BCUT2D eigenvalue weighted by molar-refractivity contribution is 7.83. The van der Waals surface area contributed by atoms with Crippen LogP contribution in [-0.4, -0.2) is 24.8 Å². The molecule has 8 nitrogen and oxygen atoms in total. The molecular formula is C18H12ClFN4O4S. The van der Waals surface area contributed by atoms with Crippen molar-refractivity contribution >= 4 is 39.8 Å². The summed E-state index contributed by atoms with van der Waals surface area (Å²) in [6.45, 7) is 0. The average molecular weight is 435 g/mol. The fraction of sp³-hybridized carbons (Fsp3) is 0.111. The van der Waals surface area contributed by atoms with E-state index in [9.17, 15) is 23.5 Å². The van der Waals surface area contributed by atoms with Crippen molar-refractivity contribution in [1.82, 2.24) is 9.78 Å². The number of non-ortho nitro benzene ring substituents is 1.